The monoisotopic (exact) mass is 444 g/mol. The van der Waals surface area contributed by atoms with Gasteiger partial charge >= 0.3 is 0 Å². The summed E-state index contributed by atoms with van der Waals surface area (Å²) in [6.45, 7) is 4.19. The number of hydrogen-bond donors (Lipinski definition) is 1. The number of aliphatic hydroxyl groups is 1. The zero-order valence-electron chi connectivity index (χ0n) is 18.8. The first-order valence-electron chi connectivity index (χ1n) is 11.0. The summed E-state index contributed by atoms with van der Waals surface area (Å²) in [6.07, 6.45) is -3.17. The van der Waals surface area contributed by atoms with Crippen LogP contribution in [0.4, 0.5) is 0 Å². The Morgan fingerprint density at radius 3 is 2.00 bits per heavy atom. The average Bonchev–Trinajstić information content (AvgIpc) is 3.30. The molecule has 2 aliphatic rings. The van der Waals surface area contributed by atoms with Gasteiger partial charge in [-0.15, -0.1) is 0 Å². The van der Waals surface area contributed by atoms with Crippen LogP contribution < -0.4 is 0 Å². The molecule has 2 aliphatic heterocycles. The van der Waals surface area contributed by atoms with Crippen LogP contribution in [0.2, 0.25) is 0 Å². The van der Waals surface area contributed by atoms with Crippen LogP contribution in [0.3, 0.4) is 0 Å². The van der Waals surface area contributed by atoms with Crippen molar-refractivity contribution in [2.24, 2.45) is 0 Å². The Hall–Kier alpha value is -1.84. The first kappa shape index (κ1) is 23.3. The van der Waals surface area contributed by atoms with Gasteiger partial charge in [-0.3, -0.25) is 0 Å². The minimum atomic E-state index is -0.766. The third kappa shape index (κ3) is 5.38. The summed E-state index contributed by atoms with van der Waals surface area (Å²) < 4.78 is 36.3. The highest BCUT2D eigenvalue weighted by molar-refractivity contribution is 5.14. The molecule has 0 spiro atoms. The standard InChI is InChI=1S/C25H32O7/c1-25(2)31-22-21(30-24(27-3)23(22)32-25)20(29-16-18-12-8-5-9-13-18)19(14-26)28-15-17-10-6-4-7-11-17/h4-13,19-24,26H,14-16H2,1-3H3/t19-,20-,21-,22+,23+,24+/m1/s1. The maximum absolute atomic E-state index is 10.2. The van der Waals surface area contributed by atoms with Crippen molar-refractivity contribution in [1.29, 1.82) is 0 Å². The fraction of sp³-hybridized carbons (Fsp3) is 0.520. The van der Waals surface area contributed by atoms with E-state index in [2.05, 4.69) is 0 Å². The molecule has 32 heavy (non-hydrogen) atoms. The van der Waals surface area contributed by atoms with E-state index in [9.17, 15) is 5.11 Å². The van der Waals surface area contributed by atoms with Gasteiger partial charge in [-0.2, -0.15) is 0 Å². The summed E-state index contributed by atoms with van der Waals surface area (Å²) in [5.41, 5.74) is 2.02. The SMILES string of the molecule is CO[C@H]1O[C@H]([C@H](OCc2ccccc2)[C@@H](CO)OCc2ccccc2)[C@@H]2OC(C)(C)O[C@H]12. The molecule has 2 heterocycles. The van der Waals surface area contributed by atoms with E-state index in [1.54, 1.807) is 7.11 Å². The molecule has 1 N–H and O–H groups in total. The second-order valence-electron chi connectivity index (χ2n) is 8.55. The molecule has 4 rings (SSSR count). The molecule has 0 saturated carbocycles. The molecular weight excluding hydrogens is 412 g/mol. The van der Waals surface area contributed by atoms with Gasteiger partial charge in [-0.1, -0.05) is 60.7 Å². The van der Waals surface area contributed by atoms with E-state index in [0.29, 0.717) is 13.2 Å². The smallest absolute Gasteiger partial charge is 0.186 e. The number of benzene rings is 2. The zero-order valence-corrected chi connectivity index (χ0v) is 18.8. The summed E-state index contributed by atoms with van der Waals surface area (Å²) in [4.78, 5) is 0. The van der Waals surface area contributed by atoms with E-state index < -0.39 is 42.6 Å². The second kappa shape index (κ2) is 10.4. The lowest BCUT2D eigenvalue weighted by Gasteiger charge is -2.33. The molecule has 2 aromatic carbocycles. The Bertz CT molecular complexity index is 829. The van der Waals surface area contributed by atoms with Crippen LogP contribution >= 0.6 is 0 Å². The Labute approximate surface area is 189 Å². The molecule has 2 fully saturated rings. The molecule has 2 saturated heterocycles. The van der Waals surface area contributed by atoms with Crippen LogP contribution in [0.1, 0.15) is 25.0 Å². The molecule has 0 unspecified atom stereocenters. The van der Waals surface area contributed by atoms with Gasteiger partial charge in [0.2, 0.25) is 0 Å². The Kier molecular flexibility index (Phi) is 7.58. The number of rotatable bonds is 10. The van der Waals surface area contributed by atoms with Crippen molar-refractivity contribution in [1.82, 2.24) is 0 Å². The van der Waals surface area contributed by atoms with Crippen molar-refractivity contribution in [3.05, 3.63) is 71.8 Å². The average molecular weight is 445 g/mol. The summed E-state index contributed by atoms with van der Waals surface area (Å²) in [5.74, 6) is -0.766. The van der Waals surface area contributed by atoms with Crippen molar-refractivity contribution in [3.8, 4) is 0 Å². The number of methoxy groups -OCH3 is 1. The van der Waals surface area contributed by atoms with E-state index in [1.807, 2.05) is 74.5 Å². The molecule has 174 valence electrons. The minimum Gasteiger partial charge on any atom is -0.394 e. The molecule has 7 nitrogen and oxygen atoms in total. The third-order valence-corrected chi connectivity index (χ3v) is 5.74. The van der Waals surface area contributed by atoms with Gasteiger partial charge < -0.3 is 33.5 Å². The van der Waals surface area contributed by atoms with Crippen molar-refractivity contribution < 1.29 is 33.5 Å². The van der Waals surface area contributed by atoms with E-state index >= 15 is 0 Å². The van der Waals surface area contributed by atoms with Crippen molar-refractivity contribution in [2.45, 2.75) is 69.7 Å². The molecular formula is C25H32O7. The second-order valence-corrected chi connectivity index (χ2v) is 8.55. The molecule has 7 heteroatoms. The third-order valence-electron chi connectivity index (χ3n) is 5.74. The van der Waals surface area contributed by atoms with E-state index in [-0.39, 0.29) is 6.61 Å². The van der Waals surface area contributed by atoms with Gasteiger partial charge in [0.25, 0.3) is 0 Å². The van der Waals surface area contributed by atoms with E-state index in [1.165, 1.54) is 0 Å². The maximum atomic E-state index is 10.2. The Morgan fingerprint density at radius 2 is 1.44 bits per heavy atom. The van der Waals surface area contributed by atoms with Crippen LogP contribution in [0.5, 0.6) is 0 Å². The highest BCUT2D eigenvalue weighted by Gasteiger charge is 2.58. The maximum Gasteiger partial charge on any atom is 0.186 e. The van der Waals surface area contributed by atoms with Gasteiger partial charge in [-0.05, 0) is 25.0 Å². The predicted molar refractivity (Wildman–Crippen MR) is 117 cm³/mol. The lowest BCUT2D eigenvalue weighted by atomic mass is 10.0. The Balaban J connectivity index is 1.54. The van der Waals surface area contributed by atoms with Crippen molar-refractivity contribution in [2.75, 3.05) is 13.7 Å². The summed E-state index contributed by atoms with van der Waals surface area (Å²) in [6, 6.07) is 19.7. The van der Waals surface area contributed by atoms with Gasteiger partial charge in [-0.25, -0.2) is 0 Å². The van der Waals surface area contributed by atoms with Crippen LogP contribution in [0, 0.1) is 0 Å². The quantitative estimate of drug-likeness (QED) is 0.604. The number of ether oxygens (including phenoxy) is 6. The topological polar surface area (TPSA) is 75.6 Å². The molecule has 2 aromatic rings. The zero-order chi connectivity index (χ0) is 22.6. The molecule has 0 amide bonds. The molecule has 0 aliphatic carbocycles. The minimum absolute atomic E-state index is 0.231. The highest BCUT2D eigenvalue weighted by atomic mass is 16.8. The van der Waals surface area contributed by atoms with Gasteiger partial charge in [0.1, 0.15) is 30.5 Å². The fourth-order valence-electron chi connectivity index (χ4n) is 4.25. The van der Waals surface area contributed by atoms with E-state index in [0.717, 1.165) is 11.1 Å². The lowest BCUT2D eigenvalue weighted by molar-refractivity contribution is -0.251. The van der Waals surface area contributed by atoms with E-state index in [4.69, 9.17) is 28.4 Å². The molecule has 0 aromatic heterocycles. The van der Waals surface area contributed by atoms with Gasteiger partial charge in [0, 0.05) is 7.11 Å². The van der Waals surface area contributed by atoms with Crippen LogP contribution in [-0.4, -0.2) is 61.4 Å². The Morgan fingerprint density at radius 1 is 0.875 bits per heavy atom. The van der Waals surface area contributed by atoms with Crippen molar-refractivity contribution >= 4 is 0 Å². The van der Waals surface area contributed by atoms with Gasteiger partial charge in [0.05, 0.1) is 19.8 Å². The summed E-state index contributed by atoms with van der Waals surface area (Å²) in [5, 5.41) is 10.2. The first-order valence-corrected chi connectivity index (χ1v) is 11.0. The first-order chi connectivity index (χ1) is 15.5. The fourth-order valence-corrected chi connectivity index (χ4v) is 4.25. The number of fused-ring (bicyclic) bond motifs is 1. The summed E-state index contributed by atoms with van der Waals surface area (Å²) in [7, 11) is 1.58. The number of hydrogen-bond acceptors (Lipinski definition) is 7. The largest absolute Gasteiger partial charge is 0.394 e. The van der Waals surface area contributed by atoms with Crippen LogP contribution in [0.15, 0.2) is 60.7 Å². The molecule has 6 atom stereocenters. The van der Waals surface area contributed by atoms with Crippen LogP contribution in [0.25, 0.3) is 0 Å². The van der Waals surface area contributed by atoms with Crippen molar-refractivity contribution in [3.63, 3.8) is 0 Å². The molecule has 0 radical (unpaired) electrons. The van der Waals surface area contributed by atoms with Crippen LogP contribution in [-0.2, 0) is 41.6 Å². The lowest BCUT2D eigenvalue weighted by Crippen LogP contribution is -2.48. The normalized spacial score (nSPS) is 28.4. The highest BCUT2D eigenvalue weighted by Crippen LogP contribution is 2.41. The van der Waals surface area contributed by atoms with Gasteiger partial charge in [0.15, 0.2) is 12.1 Å². The molecule has 0 bridgehead atoms. The predicted octanol–water partition coefficient (Wildman–Crippen LogP) is 3.04. The number of aliphatic hydroxyl groups excluding tert-OH is 1. The summed E-state index contributed by atoms with van der Waals surface area (Å²) >= 11 is 0.